The number of likely N-dealkylation sites (tertiary alicyclic amines) is 1. The van der Waals surface area contributed by atoms with Crippen molar-refractivity contribution in [2.75, 3.05) is 26.3 Å². The van der Waals surface area contributed by atoms with Crippen LogP contribution in [0.3, 0.4) is 0 Å². The molecule has 0 spiro atoms. The molecule has 7 rings (SSSR count). The lowest BCUT2D eigenvalue weighted by molar-refractivity contribution is -0.141. The highest BCUT2D eigenvalue weighted by Crippen LogP contribution is 2.45. The molecule has 3 fully saturated rings. The number of H-pyrrole nitrogens is 1. The molecule has 3 aliphatic rings. The Balaban J connectivity index is 0.972. The van der Waals surface area contributed by atoms with Crippen LogP contribution < -0.4 is 10.1 Å². The van der Waals surface area contributed by atoms with E-state index in [1.807, 2.05) is 23.1 Å². The molecule has 14 heteroatoms. The first-order chi connectivity index (χ1) is 21.8. The molecule has 4 aromatic rings. The van der Waals surface area contributed by atoms with Crippen LogP contribution >= 0.6 is 0 Å². The second-order valence-corrected chi connectivity index (χ2v) is 12.2. The summed E-state index contributed by atoms with van der Waals surface area (Å²) in [4.78, 5) is 18.0. The van der Waals surface area contributed by atoms with Crippen molar-refractivity contribution < 1.29 is 22.6 Å². The minimum Gasteiger partial charge on any atom is -0.474 e. The molecule has 2 aliphatic heterocycles. The van der Waals surface area contributed by atoms with Gasteiger partial charge in [0.05, 0.1) is 36.5 Å². The van der Waals surface area contributed by atoms with Crippen molar-refractivity contribution in [3.63, 3.8) is 0 Å². The number of ether oxygens (including phenoxy) is 2. The van der Waals surface area contributed by atoms with Gasteiger partial charge in [-0.25, -0.2) is 15.0 Å². The van der Waals surface area contributed by atoms with Crippen molar-refractivity contribution in [3.8, 4) is 23.2 Å². The highest BCUT2D eigenvalue weighted by molar-refractivity contribution is 5.90. The molecule has 0 unspecified atom stereocenters. The first kappa shape index (κ1) is 29.6. The monoisotopic (exact) mass is 621 g/mol. The maximum absolute atomic E-state index is 13.6. The van der Waals surface area contributed by atoms with E-state index in [-0.39, 0.29) is 30.6 Å². The topological polar surface area (TPSA) is 130 Å². The Bertz CT molecular complexity index is 1680. The molecule has 6 heterocycles. The number of rotatable bonds is 9. The Kier molecular flexibility index (Phi) is 7.93. The van der Waals surface area contributed by atoms with Crippen LogP contribution in [-0.2, 0) is 23.0 Å². The summed E-state index contributed by atoms with van der Waals surface area (Å²) in [6.45, 7) is 3.00. The number of nitriles is 1. The second kappa shape index (κ2) is 12.0. The molecule has 236 valence electrons. The van der Waals surface area contributed by atoms with Gasteiger partial charge in [-0.05, 0) is 49.8 Å². The zero-order valence-corrected chi connectivity index (χ0v) is 24.6. The van der Waals surface area contributed by atoms with Gasteiger partial charge in [0.25, 0.3) is 0 Å². The third-order valence-electron chi connectivity index (χ3n) is 9.29. The molecule has 1 atom stereocenters. The van der Waals surface area contributed by atoms with Crippen LogP contribution in [0.4, 0.5) is 13.2 Å². The first-order valence-corrected chi connectivity index (χ1v) is 15.3. The normalized spacial score (nSPS) is 24.5. The SMILES string of the molecule is N#CC[C@]1(n2cc(-c3ncnc4[nH]ccc34)cn2)C[C@H](N2CCC(Oc3cc(CN[C@H]4CCOC4)cc(C(F)(F)F)n3)CC2)C1. The van der Waals surface area contributed by atoms with Crippen LogP contribution in [0.25, 0.3) is 22.3 Å². The summed E-state index contributed by atoms with van der Waals surface area (Å²) in [7, 11) is 0. The van der Waals surface area contributed by atoms with Crippen LogP contribution in [0.15, 0.2) is 43.1 Å². The number of pyridine rings is 1. The Morgan fingerprint density at radius 1 is 1.18 bits per heavy atom. The molecule has 0 radical (unpaired) electrons. The molecule has 45 heavy (non-hydrogen) atoms. The third kappa shape index (κ3) is 6.12. The smallest absolute Gasteiger partial charge is 0.433 e. The minimum absolute atomic E-state index is 0.00881. The van der Waals surface area contributed by atoms with E-state index in [0.29, 0.717) is 38.0 Å². The Hall–Kier alpha value is -4.06. The summed E-state index contributed by atoms with van der Waals surface area (Å²) < 4.78 is 54.2. The average Bonchev–Trinajstić information content (AvgIpc) is 3.80. The number of nitrogens with zero attached hydrogens (tertiary/aromatic N) is 7. The predicted molar refractivity (Wildman–Crippen MR) is 157 cm³/mol. The van der Waals surface area contributed by atoms with Crippen molar-refractivity contribution in [1.29, 1.82) is 5.26 Å². The van der Waals surface area contributed by atoms with E-state index < -0.39 is 17.4 Å². The number of hydrogen-bond acceptors (Lipinski definition) is 9. The fourth-order valence-corrected chi connectivity index (χ4v) is 6.80. The number of hydrogen-bond donors (Lipinski definition) is 2. The number of nitrogens with one attached hydrogen (secondary N) is 2. The van der Waals surface area contributed by atoms with Crippen LogP contribution in [-0.4, -0.2) is 79.1 Å². The lowest BCUT2D eigenvalue weighted by Crippen LogP contribution is -2.58. The standard InChI is InChI=1S/C31H34F3N9O2/c32-31(33,34)26-11-20(15-37-22-4-10-44-18-22)12-27(41-26)45-24-2-8-42(9-3-24)23-13-30(14-23,5-6-35)43-17-21(16-40-43)28-25-1-7-36-29(25)39-19-38-28/h1,7,11-12,16-17,19,22-24,37H,2-5,8-10,13-15,18H2,(H,36,38,39)/t22-,23-,30-/m0/s1. The zero-order valence-electron chi connectivity index (χ0n) is 24.6. The largest absolute Gasteiger partial charge is 0.474 e. The molecule has 1 aliphatic carbocycles. The minimum atomic E-state index is -4.56. The van der Waals surface area contributed by atoms with Gasteiger partial charge >= 0.3 is 6.18 Å². The van der Waals surface area contributed by atoms with Gasteiger partial charge in [-0.1, -0.05) is 0 Å². The summed E-state index contributed by atoms with van der Waals surface area (Å²) in [5, 5.41) is 18.5. The van der Waals surface area contributed by atoms with E-state index in [4.69, 9.17) is 9.47 Å². The van der Waals surface area contributed by atoms with Crippen molar-refractivity contribution in [2.45, 2.75) is 75.0 Å². The summed E-state index contributed by atoms with van der Waals surface area (Å²) >= 11 is 0. The van der Waals surface area contributed by atoms with Gasteiger partial charge in [0, 0.05) is 67.7 Å². The van der Waals surface area contributed by atoms with Crippen molar-refractivity contribution in [3.05, 3.63) is 54.4 Å². The number of aromatic amines is 1. The molecule has 1 saturated carbocycles. The number of fused-ring (bicyclic) bond motifs is 1. The lowest BCUT2D eigenvalue weighted by Gasteiger charge is -2.52. The highest BCUT2D eigenvalue weighted by atomic mass is 19.4. The van der Waals surface area contributed by atoms with Crippen molar-refractivity contribution in [2.24, 2.45) is 0 Å². The zero-order chi connectivity index (χ0) is 31.0. The van der Waals surface area contributed by atoms with E-state index >= 15 is 0 Å². The van der Waals surface area contributed by atoms with Crippen LogP contribution in [0, 0.1) is 11.3 Å². The maximum Gasteiger partial charge on any atom is 0.433 e. The molecule has 0 amide bonds. The molecule has 0 bridgehead atoms. The van der Waals surface area contributed by atoms with Gasteiger partial charge in [0.2, 0.25) is 5.88 Å². The Morgan fingerprint density at radius 3 is 2.78 bits per heavy atom. The maximum atomic E-state index is 13.6. The first-order valence-electron chi connectivity index (χ1n) is 15.3. The van der Waals surface area contributed by atoms with Gasteiger partial charge in [-0.3, -0.25) is 9.58 Å². The summed E-state index contributed by atoms with van der Waals surface area (Å²) in [5.41, 5.74) is 1.56. The molecule has 11 nitrogen and oxygen atoms in total. The van der Waals surface area contributed by atoms with Crippen molar-refractivity contribution in [1.82, 2.24) is 39.9 Å². The molecule has 4 aromatic heterocycles. The Labute approximate surface area is 257 Å². The number of halogens is 3. The molecular weight excluding hydrogens is 587 g/mol. The van der Waals surface area contributed by atoms with Gasteiger partial charge in [0.15, 0.2) is 0 Å². The fraction of sp³-hybridized carbons (Fsp3) is 0.516. The third-order valence-corrected chi connectivity index (χ3v) is 9.29. The van der Waals surface area contributed by atoms with Gasteiger partial charge < -0.3 is 19.8 Å². The van der Waals surface area contributed by atoms with E-state index in [1.54, 1.807) is 12.3 Å². The summed E-state index contributed by atoms with van der Waals surface area (Å²) in [5.74, 6) is 0.00881. The van der Waals surface area contributed by atoms with Crippen LogP contribution in [0.2, 0.25) is 0 Å². The van der Waals surface area contributed by atoms with Crippen molar-refractivity contribution >= 4 is 11.0 Å². The van der Waals surface area contributed by atoms with Crippen LogP contribution in [0.5, 0.6) is 5.88 Å². The van der Waals surface area contributed by atoms with E-state index in [9.17, 15) is 18.4 Å². The quantitative estimate of drug-likeness (QED) is 0.279. The fourth-order valence-electron chi connectivity index (χ4n) is 6.80. The molecule has 2 N–H and O–H groups in total. The van der Waals surface area contributed by atoms with E-state index in [1.165, 1.54) is 6.33 Å². The van der Waals surface area contributed by atoms with Gasteiger partial charge in [-0.2, -0.15) is 23.5 Å². The molecule has 0 aromatic carbocycles. The number of alkyl halides is 3. The Morgan fingerprint density at radius 2 is 2.02 bits per heavy atom. The highest BCUT2D eigenvalue weighted by Gasteiger charge is 2.49. The van der Waals surface area contributed by atoms with E-state index in [0.717, 1.165) is 60.7 Å². The summed E-state index contributed by atoms with van der Waals surface area (Å²) in [6.07, 6.45) is 6.43. The summed E-state index contributed by atoms with van der Waals surface area (Å²) in [6, 6.07) is 7.39. The predicted octanol–water partition coefficient (Wildman–Crippen LogP) is 4.43. The molecular formula is C31H34F3N9O2. The van der Waals surface area contributed by atoms with Gasteiger partial charge in [0.1, 0.15) is 23.8 Å². The number of aromatic nitrogens is 6. The second-order valence-electron chi connectivity index (χ2n) is 12.2. The van der Waals surface area contributed by atoms with Crippen LogP contribution in [0.1, 0.15) is 49.8 Å². The lowest BCUT2D eigenvalue weighted by atomic mass is 9.69. The number of piperidine rings is 1. The van der Waals surface area contributed by atoms with E-state index in [2.05, 4.69) is 41.3 Å². The van der Waals surface area contributed by atoms with Gasteiger partial charge in [-0.15, -0.1) is 0 Å². The average molecular weight is 622 g/mol. The molecule has 2 saturated heterocycles.